The normalized spacial score (nSPS) is 11.5. The molecule has 168 valence electrons. The maximum absolute atomic E-state index is 15.8. The topological polar surface area (TPSA) is 99.3 Å². The van der Waals surface area contributed by atoms with E-state index in [0.717, 1.165) is 27.5 Å². The molecule has 0 fully saturated rings. The van der Waals surface area contributed by atoms with Crippen molar-refractivity contribution >= 4 is 39.1 Å². The fourth-order valence-corrected chi connectivity index (χ4v) is 4.60. The molecular weight excluding hydrogens is 458 g/mol. The minimum absolute atomic E-state index is 0.162. The molecule has 2 N–H and O–H groups in total. The number of H-pyrrole nitrogens is 2. The summed E-state index contributed by atoms with van der Waals surface area (Å²) in [5, 5.41) is 7.09. The molecule has 6 aromatic heterocycles. The Hall–Kier alpha value is -4.25. The Balaban J connectivity index is 1.52. The molecule has 0 spiro atoms. The molecule has 0 unspecified atom stereocenters. The van der Waals surface area contributed by atoms with Gasteiger partial charge in [-0.2, -0.15) is 9.49 Å². The second kappa shape index (κ2) is 7.66. The lowest BCUT2D eigenvalue weighted by molar-refractivity contribution is 0.638. The van der Waals surface area contributed by atoms with Crippen LogP contribution in [0.3, 0.4) is 0 Å². The summed E-state index contributed by atoms with van der Waals surface area (Å²) >= 11 is 1.03. The van der Waals surface area contributed by atoms with Crippen molar-refractivity contribution in [2.45, 2.75) is 0 Å². The van der Waals surface area contributed by atoms with Crippen molar-refractivity contribution < 1.29 is 8.78 Å². The molecule has 0 aliphatic carbocycles. The predicted molar refractivity (Wildman–Crippen MR) is 128 cm³/mol. The molecule has 34 heavy (non-hydrogen) atoms. The summed E-state index contributed by atoms with van der Waals surface area (Å²) in [4.78, 5) is 23.2. The Morgan fingerprint density at radius 3 is 2.68 bits per heavy atom. The summed E-state index contributed by atoms with van der Waals surface area (Å²) in [5.41, 5.74) is 4.07. The van der Waals surface area contributed by atoms with Crippen LogP contribution in [-0.4, -0.2) is 49.2 Å². The second-order valence-electron chi connectivity index (χ2n) is 7.85. The number of halogens is 2. The molecule has 0 radical (unpaired) electrons. The minimum atomic E-state index is -0.534. The first-order valence-electron chi connectivity index (χ1n) is 10.3. The number of imidazole rings is 1. The number of fused-ring (bicyclic) bond motifs is 2. The zero-order chi connectivity index (χ0) is 23.4. The van der Waals surface area contributed by atoms with Crippen LogP contribution in [0.25, 0.3) is 55.3 Å². The Bertz CT molecular complexity index is 1680. The number of aromatic nitrogens is 7. The molecule has 0 aliphatic heterocycles. The van der Waals surface area contributed by atoms with Gasteiger partial charge in [0.15, 0.2) is 22.4 Å². The molecule has 0 saturated carbocycles. The van der Waals surface area contributed by atoms with Crippen molar-refractivity contribution in [2.24, 2.45) is 0 Å². The minimum Gasteiger partial charge on any atom is -0.376 e. The van der Waals surface area contributed by atoms with E-state index in [1.807, 2.05) is 25.1 Å². The number of pyridine rings is 3. The van der Waals surface area contributed by atoms with Crippen LogP contribution in [0, 0.1) is 10.9 Å². The van der Waals surface area contributed by atoms with Gasteiger partial charge >= 0.3 is 0 Å². The van der Waals surface area contributed by atoms with Crippen molar-refractivity contribution in [3.8, 4) is 33.2 Å². The highest BCUT2D eigenvalue weighted by atomic mass is 32.1. The van der Waals surface area contributed by atoms with Gasteiger partial charge in [-0.1, -0.05) is 0 Å². The van der Waals surface area contributed by atoms with E-state index in [1.54, 1.807) is 30.7 Å². The van der Waals surface area contributed by atoms with Gasteiger partial charge in [0.1, 0.15) is 11.4 Å². The average Bonchev–Trinajstić information content (AvgIpc) is 3.56. The quantitative estimate of drug-likeness (QED) is 0.372. The van der Waals surface area contributed by atoms with Gasteiger partial charge in [0.2, 0.25) is 0 Å². The molecular formula is C23H16F2N8S. The number of nitrogens with zero attached hydrogens (tertiary/aromatic N) is 6. The maximum atomic E-state index is 15.8. The van der Waals surface area contributed by atoms with Crippen LogP contribution < -0.4 is 4.90 Å². The van der Waals surface area contributed by atoms with Crippen molar-refractivity contribution in [1.82, 2.24) is 35.1 Å². The summed E-state index contributed by atoms with van der Waals surface area (Å²) in [6.07, 6.45) is 6.41. The van der Waals surface area contributed by atoms with Crippen LogP contribution in [0.2, 0.25) is 0 Å². The van der Waals surface area contributed by atoms with Gasteiger partial charge in [0.05, 0.1) is 34.5 Å². The summed E-state index contributed by atoms with van der Waals surface area (Å²) in [6, 6.07) is 6.72. The maximum Gasteiger partial charge on any atom is 0.178 e. The van der Waals surface area contributed by atoms with E-state index in [2.05, 4.69) is 35.1 Å². The second-order valence-corrected chi connectivity index (χ2v) is 8.89. The molecule has 0 amide bonds. The van der Waals surface area contributed by atoms with Gasteiger partial charge in [0.25, 0.3) is 0 Å². The number of anilines is 1. The highest BCUT2D eigenvalue weighted by Gasteiger charge is 2.22. The third-order valence-corrected chi connectivity index (χ3v) is 6.42. The Labute approximate surface area is 195 Å². The van der Waals surface area contributed by atoms with E-state index in [1.165, 1.54) is 12.3 Å². The standard InChI is InChI=1S/C23H16F2N8S/c1-33(2)12-7-11(8-26-9-12)19-18(25)17-14(10-28-19)31-32-21(17)23-29-20-13(5-6-27-22(20)30-23)15-3-4-16(24)34-15/h3-10H,1-2H3,(H,31,32)(H,27,29,30). The molecule has 0 bridgehead atoms. The Morgan fingerprint density at radius 1 is 1.00 bits per heavy atom. The van der Waals surface area contributed by atoms with Crippen molar-refractivity contribution in [2.75, 3.05) is 19.0 Å². The molecule has 6 rings (SSSR count). The molecule has 6 heterocycles. The molecule has 0 saturated heterocycles. The largest absolute Gasteiger partial charge is 0.376 e. The molecule has 11 heteroatoms. The van der Waals surface area contributed by atoms with E-state index in [-0.39, 0.29) is 16.2 Å². The molecule has 8 nitrogen and oxygen atoms in total. The number of hydrogen-bond acceptors (Lipinski definition) is 7. The van der Waals surface area contributed by atoms with E-state index < -0.39 is 5.82 Å². The average molecular weight is 475 g/mol. The van der Waals surface area contributed by atoms with Crippen LogP contribution in [-0.2, 0) is 0 Å². The van der Waals surface area contributed by atoms with Crippen molar-refractivity contribution in [3.63, 3.8) is 0 Å². The van der Waals surface area contributed by atoms with Crippen LogP contribution >= 0.6 is 11.3 Å². The van der Waals surface area contributed by atoms with Crippen LogP contribution in [0.1, 0.15) is 0 Å². The monoisotopic (exact) mass is 474 g/mol. The number of hydrogen-bond donors (Lipinski definition) is 2. The van der Waals surface area contributed by atoms with Gasteiger partial charge < -0.3 is 9.88 Å². The number of rotatable bonds is 4. The lowest BCUT2D eigenvalue weighted by atomic mass is 10.1. The summed E-state index contributed by atoms with van der Waals surface area (Å²) in [7, 11) is 3.77. The van der Waals surface area contributed by atoms with E-state index >= 15 is 4.39 Å². The van der Waals surface area contributed by atoms with E-state index in [0.29, 0.717) is 33.8 Å². The van der Waals surface area contributed by atoms with E-state index in [4.69, 9.17) is 0 Å². The van der Waals surface area contributed by atoms with Crippen LogP contribution in [0.15, 0.2) is 49.1 Å². The predicted octanol–water partition coefficient (Wildman–Crippen LogP) is 5.03. The van der Waals surface area contributed by atoms with Crippen molar-refractivity contribution in [1.29, 1.82) is 0 Å². The SMILES string of the molecule is CN(C)c1cncc(-c2ncc3[nH]nc(-c4nc5nccc(-c6ccc(F)s6)c5[nH]4)c3c2F)c1. The smallest absolute Gasteiger partial charge is 0.178 e. The zero-order valence-electron chi connectivity index (χ0n) is 18.0. The molecule has 0 aromatic carbocycles. The fourth-order valence-electron chi connectivity index (χ4n) is 3.84. The van der Waals surface area contributed by atoms with Crippen LogP contribution in [0.5, 0.6) is 0 Å². The molecule has 0 atom stereocenters. The first kappa shape index (κ1) is 20.4. The van der Waals surface area contributed by atoms with Crippen LogP contribution in [0.4, 0.5) is 14.5 Å². The Morgan fingerprint density at radius 2 is 1.88 bits per heavy atom. The highest BCUT2D eigenvalue weighted by molar-refractivity contribution is 7.14. The fraction of sp³-hybridized carbons (Fsp3) is 0.0870. The number of nitrogens with one attached hydrogen (secondary N) is 2. The van der Waals surface area contributed by atoms with Gasteiger partial charge in [-0.05, 0) is 24.3 Å². The van der Waals surface area contributed by atoms with Crippen molar-refractivity contribution in [3.05, 3.63) is 60.0 Å². The van der Waals surface area contributed by atoms with Gasteiger partial charge in [-0.3, -0.25) is 15.1 Å². The summed E-state index contributed by atoms with van der Waals surface area (Å²) in [5.74, 6) is -0.192. The lowest BCUT2D eigenvalue weighted by Crippen LogP contribution is -2.09. The van der Waals surface area contributed by atoms with Gasteiger partial charge in [-0.15, -0.1) is 11.3 Å². The first-order valence-corrected chi connectivity index (χ1v) is 11.1. The Kier molecular flexibility index (Phi) is 4.59. The summed E-state index contributed by atoms with van der Waals surface area (Å²) < 4.78 is 29.4. The zero-order valence-corrected chi connectivity index (χ0v) is 18.8. The highest BCUT2D eigenvalue weighted by Crippen LogP contribution is 2.35. The summed E-state index contributed by atoms with van der Waals surface area (Å²) in [6.45, 7) is 0. The van der Waals surface area contributed by atoms with Gasteiger partial charge in [-0.25, -0.2) is 14.4 Å². The first-order chi connectivity index (χ1) is 16.5. The van der Waals surface area contributed by atoms with E-state index in [9.17, 15) is 4.39 Å². The van der Waals surface area contributed by atoms with Gasteiger partial charge in [0, 0.05) is 42.5 Å². The third-order valence-electron chi connectivity index (χ3n) is 5.51. The molecule has 6 aromatic rings. The lowest BCUT2D eigenvalue weighted by Gasteiger charge is -2.13. The molecule has 0 aliphatic rings. The third kappa shape index (κ3) is 3.20. The number of aromatic amines is 2. The number of thiophene rings is 1.